The van der Waals surface area contributed by atoms with Crippen LogP contribution in [0.1, 0.15) is 31.0 Å². The fourth-order valence-electron chi connectivity index (χ4n) is 1.61. The predicted molar refractivity (Wildman–Crippen MR) is 64.4 cm³/mol. The summed E-state index contributed by atoms with van der Waals surface area (Å²) in [5, 5.41) is 1.25. The maximum atomic E-state index is 4.42. The Morgan fingerprint density at radius 2 is 1.93 bits per heavy atom. The Hall–Kier alpha value is -0.890. The molecule has 2 aromatic rings. The zero-order valence-electron chi connectivity index (χ0n) is 8.76. The zero-order valence-corrected chi connectivity index (χ0v) is 9.65. The molecule has 1 aromatic carbocycles. The van der Waals surface area contributed by atoms with Crippen molar-refractivity contribution in [2.45, 2.75) is 31.6 Å². The molecule has 1 aromatic heterocycles. The van der Waals surface area contributed by atoms with E-state index in [-0.39, 0.29) is 0 Å². The van der Waals surface area contributed by atoms with Gasteiger partial charge in [0.25, 0.3) is 0 Å². The largest absolute Gasteiger partial charge is 0.358 e. The van der Waals surface area contributed by atoms with Gasteiger partial charge in [-0.1, -0.05) is 13.8 Å². The summed E-state index contributed by atoms with van der Waals surface area (Å²) in [6.45, 7) is 6.47. The highest BCUT2D eigenvalue weighted by Gasteiger charge is 2.05. The summed E-state index contributed by atoms with van der Waals surface area (Å²) in [4.78, 5) is 4.49. The second-order valence-corrected chi connectivity index (χ2v) is 4.59. The Bertz CT molecular complexity index is 429. The Labute approximate surface area is 89.9 Å². The Balaban J connectivity index is 2.66. The molecule has 0 bridgehead atoms. The second-order valence-electron chi connectivity index (χ2n) is 4.11. The number of hydrogen-bond donors (Lipinski definition) is 2. The van der Waals surface area contributed by atoms with E-state index in [9.17, 15) is 0 Å². The van der Waals surface area contributed by atoms with Crippen molar-refractivity contribution in [3.05, 3.63) is 29.5 Å². The van der Waals surface area contributed by atoms with Crippen LogP contribution in [0.3, 0.4) is 0 Å². The lowest BCUT2D eigenvalue weighted by molar-refractivity contribution is 0.836. The minimum atomic E-state index is 0.547. The first-order valence-corrected chi connectivity index (χ1v) is 5.35. The Kier molecular flexibility index (Phi) is 2.31. The lowest BCUT2D eigenvalue weighted by Gasteiger charge is -1.98. The van der Waals surface area contributed by atoms with Gasteiger partial charge in [0, 0.05) is 21.5 Å². The van der Waals surface area contributed by atoms with Crippen molar-refractivity contribution in [1.82, 2.24) is 4.98 Å². The van der Waals surface area contributed by atoms with Crippen molar-refractivity contribution in [2.75, 3.05) is 0 Å². The fourth-order valence-corrected chi connectivity index (χ4v) is 1.81. The summed E-state index contributed by atoms with van der Waals surface area (Å²) >= 11 is 4.42. The molecule has 1 nitrogen and oxygen atoms in total. The van der Waals surface area contributed by atoms with Crippen molar-refractivity contribution in [3.8, 4) is 0 Å². The number of fused-ring (bicyclic) bond motifs is 1. The first-order chi connectivity index (χ1) is 6.58. The van der Waals surface area contributed by atoms with Crippen LogP contribution in [0.5, 0.6) is 0 Å². The molecular formula is C12H15NS. The third kappa shape index (κ3) is 1.55. The summed E-state index contributed by atoms with van der Waals surface area (Å²) in [7, 11) is 0. The van der Waals surface area contributed by atoms with E-state index < -0.39 is 0 Å². The first-order valence-electron chi connectivity index (χ1n) is 4.90. The minimum Gasteiger partial charge on any atom is -0.358 e. The van der Waals surface area contributed by atoms with Crippen LogP contribution in [0.2, 0.25) is 0 Å². The molecular weight excluding hydrogens is 190 g/mol. The highest BCUT2D eigenvalue weighted by Crippen LogP contribution is 2.25. The van der Waals surface area contributed by atoms with Gasteiger partial charge in [0.2, 0.25) is 0 Å². The van der Waals surface area contributed by atoms with E-state index in [1.165, 1.54) is 22.2 Å². The standard InChI is InChI=1S/C12H15NS/c1-7(2)10-5-9-6-12(14)8(3)4-11(9)13-10/h4-7,13-14H,1-3H3. The molecule has 0 aliphatic carbocycles. The summed E-state index contributed by atoms with van der Waals surface area (Å²) in [6, 6.07) is 6.48. The summed E-state index contributed by atoms with van der Waals surface area (Å²) in [5.41, 5.74) is 3.72. The van der Waals surface area contributed by atoms with Gasteiger partial charge < -0.3 is 4.98 Å². The Morgan fingerprint density at radius 1 is 1.21 bits per heavy atom. The molecule has 0 aliphatic heterocycles. The number of hydrogen-bond acceptors (Lipinski definition) is 1. The van der Waals surface area contributed by atoms with Crippen LogP contribution < -0.4 is 0 Å². The number of rotatable bonds is 1. The third-order valence-corrected chi connectivity index (χ3v) is 3.06. The van der Waals surface area contributed by atoms with Crippen LogP contribution >= 0.6 is 12.6 Å². The van der Waals surface area contributed by atoms with E-state index in [2.05, 4.69) is 56.6 Å². The van der Waals surface area contributed by atoms with Crippen LogP contribution in [0.15, 0.2) is 23.1 Å². The lowest BCUT2D eigenvalue weighted by Crippen LogP contribution is -1.84. The molecule has 0 saturated heterocycles. The van der Waals surface area contributed by atoms with Crippen molar-refractivity contribution >= 4 is 23.5 Å². The van der Waals surface area contributed by atoms with Crippen molar-refractivity contribution in [2.24, 2.45) is 0 Å². The zero-order chi connectivity index (χ0) is 10.3. The molecule has 2 rings (SSSR count). The van der Waals surface area contributed by atoms with Gasteiger partial charge in [-0.3, -0.25) is 0 Å². The average molecular weight is 205 g/mol. The van der Waals surface area contributed by atoms with Crippen LogP contribution in [0.4, 0.5) is 0 Å². The monoisotopic (exact) mass is 205 g/mol. The molecule has 74 valence electrons. The SMILES string of the molecule is Cc1cc2[nH]c(C(C)C)cc2cc1S. The third-order valence-electron chi connectivity index (χ3n) is 2.58. The number of nitrogens with one attached hydrogen (secondary N) is 1. The normalized spacial score (nSPS) is 11.5. The summed E-state index contributed by atoms with van der Waals surface area (Å²) in [5.74, 6) is 0.547. The molecule has 0 unspecified atom stereocenters. The lowest BCUT2D eigenvalue weighted by atomic mass is 10.1. The van der Waals surface area contributed by atoms with E-state index in [4.69, 9.17) is 0 Å². The number of benzene rings is 1. The molecule has 1 heterocycles. The van der Waals surface area contributed by atoms with Gasteiger partial charge >= 0.3 is 0 Å². The maximum Gasteiger partial charge on any atom is 0.0459 e. The smallest absolute Gasteiger partial charge is 0.0459 e. The average Bonchev–Trinajstić information content (AvgIpc) is 2.48. The van der Waals surface area contributed by atoms with Gasteiger partial charge in [0.05, 0.1) is 0 Å². The second kappa shape index (κ2) is 3.35. The van der Waals surface area contributed by atoms with Crippen molar-refractivity contribution < 1.29 is 0 Å². The molecule has 14 heavy (non-hydrogen) atoms. The van der Waals surface area contributed by atoms with E-state index >= 15 is 0 Å². The molecule has 2 heteroatoms. The first kappa shape index (κ1) is 9.66. The highest BCUT2D eigenvalue weighted by atomic mass is 32.1. The highest BCUT2D eigenvalue weighted by molar-refractivity contribution is 7.80. The number of aromatic nitrogens is 1. The van der Waals surface area contributed by atoms with Gasteiger partial charge in [-0.25, -0.2) is 0 Å². The van der Waals surface area contributed by atoms with E-state index in [1.807, 2.05) is 0 Å². The van der Waals surface area contributed by atoms with Gasteiger partial charge in [-0.05, 0) is 36.6 Å². The molecule has 0 aliphatic rings. The molecule has 0 fully saturated rings. The van der Waals surface area contributed by atoms with E-state index in [0.29, 0.717) is 5.92 Å². The minimum absolute atomic E-state index is 0.547. The quantitative estimate of drug-likeness (QED) is 0.657. The van der Waals surface area contributed by atoms with Crippen LogP contribution in [0.25, 0.3) is 10.9 Å². The molecule has 1 N–H and O–H groups in total. The molecule has 0 amide bonds. The molecule has 0 radical (unpaired) electrons. The van der Waals surface area contributed by atoms with E-state index in [1.54, 1.807) is 0 Å². The van der Waals surface area contributed by atoms with Crippen LogP contribution in [0, 0.1) is 6.92 Å². The predicted octanol–water partition coefficient (Wildman–Crippen LogP) is 3.89. The molecule has 0 saturated carbocycles. The topological polar surface area (TPSA) is 15.8 Å². The fraction of sp³-hybridized carbons (Fsp3) is 0.333. The number of aromatic amines is 1. The number of thiol groups is 1. The summed E-state index contributed by atoms with van der Waals surface area (Å²) in [6.07, 6.45) is 0. The van der Waals surface area contributed by atoms with Crippen molar-refractivity contribution in [3.63, 3.8) is 0 Å². The van der Waals surface area contributed by atoms with Gasteiger partial charge in [-0.15, -0.1) is 12.6 Å². The maximum absolute atomic E-state index is 4.42. The van der Waals surface area contributed by atoms with Crippen LogP contribution in [-0.2, 0) is 0 Å². The summed E-state index contributed by atoms with van der Waals surface area (Å²) < 4.78 is 0. The van der Waals surface area contributed by atoms with Crippen LogP contribution in [-0.4, -0.2) is 4.98 Å². The Morgan fingerprint density at radius 3 is 2.57 bits per heavy atom. The number of H-pyrrole nitrogens is 1. The molecule has 0 atom stereocenters. The number of aryl methyl sites for hydroxylation is 1. The van der Waals surface area contributed by atoms with E-state index in [0.717, 1.165) is 4.90 Å². The molecule has 0 spiro atoms. The van der Waals surface area contributed by atoms with Gasteiger partial charge in [-0.2, -0.15) is 0 Å². The van der Waals surface area contributed by atoms with Crippen molar-refractivity contribution in [1.29, 1.82) is 0 Å². The van der Waals surface area contributed by atoms with Gasteiger partial charge in [0.1, 0.15) is 0 Å². The van der Waals surface area contributed by atoms with Gasteiger partial charge in [0.15, 0.2) is 0 Å².